The molecule has 2 heterocycles. The molecule has 0 fully saturated rings. The Morgan fingerprint density at radius 2 is 1.67 bits per heavy atom. The van der Waals surface area contributed by atoms with E-state index in [1.807, 2.05) is 77.5 Å². The highest BCUT2D eigenvalue weighted by Gasteiger charge is 2.25. The number of hydrogen-bond acceptors (Lipinski definition) is 4. The Bertz CT molecular complexity index is 1660. The van der Waals surface area contributed by atoms with Crippen LogP contribution in [0.3, 0.4) is 0 Å². The van der Waals surface area contributed by atoms with Crippen LogP contribution in [0, 0.1) is 11.2 Å². The number of Topliss-reactive ketones (excluding diaryl/α,β-unsaturated/α-hetero) is 1. The topological polar surface area (TPSA) is 96.0 Å². The maximum Gasteiger partial charge on any atom is 0.338 e. The molecule has 0 aliphatic carbocycles. The second kappa shape index (κ2) is 10.5. The second-order valence-corrected chi connectivity index (χ2v) is 9.52. The highest BCUT2D eigenvalue weighted by Crippen LogP contribution is 2.38. The first-order chi connectivity index (χ1) is 18.8. The Morgan fingerprint density at radius 1 is 0.923 bits per heavy atom. The number of carbonyl (C=O) groups excluding carboxylic acids is 1. The molecule has 0 spiro atoms. The average Bonchev–Trinajstić information content (AvgIpc) is 3.28. The lowest BCUT2D eigenvalue weighted by molar-refractivity contribution is -0.117. The van der Waals surface area contributed by atoms with Gasteiger partial charge in [0, 0.05) is 34.6 Å². The van der Waals surface area contributed by atoms with Crippen molar-refractivity contribution in [1.82, 2.24) is 9.55 Å². The van der Waals surface area contributed by atoms with E-state index in [1.165, 1.54) is 19.1 Å². The van der Waals surface area contributed by atoms with E-state index in [2.05, 4.69) is 4.98 Å². The van der Waals surface area contributed by atoms with Crippen molar-refractivity contribution >= 4 is 28.4 Å². The smallest absolute Gasteiger partial charge is 0.338 e. The second-order valence-electron chi connectivity index (χ2n) is 9.52. The average molecular weight is 520 g/mol. The summed E-state index contributed by atoms with van der Waals surface area (Å²) < 4.78 is 16.8. The molecule has 6 nitrogen and oxygen atoms in total. The molecule has 0 aliphatic heterocycles. The number of halogens is 1. The summed E-state index contributed by atoms with van der Waals surface area (Å²) in [4.78, 5) is 28.5. The zero-order valence-corrected chi connectivity index (χ0v) is 21.4. The van der Waals surface area contributed by atoms with Crippen LogP contribution >= 0.6 is 0 Å². The number of benzene rings is 3. The van der Waals surface area contributed by atoms with Gasteiger partial charge >= 0.3 is 5.97 Å². The molecule has 7 heteroatoms. The molecular weight excluding hydrogens is 493 g/mol. The van der Waals surface area contributed by atoms with Gasteiger partial charge in [-0.25, -0.2) is 9.18 Å². The number of aromatic nitrogens is 2. The fourth-order valence-electron chi connectivity index (χ4n) is 5.18. The number of nitrogens with zero attached hydrogens (tertiary/aromatic N) is 2. The summed E-state index contributed by atoms with van der Waals surface area (Å²) in [7, 11) is 0. The fourth-order valence-corrected chi connectivity index (χ4v) is 5.18. The van der Waals surface area contributed by atoms with E-state index in [4.69, 9.17) is 5.41 Å². The number of hydrogen-bond donors (Lipinski definition) is 2. The molecule has 0 amide bonds. The van der Waals surface area contributed by atoms with Crippen LogP contribution in [0.2, 0.25) is 0 Å². The summed E-state index contributed by atoms with van der Waals surface area (Å²) in [5.74, 6) is -2.96. The van der Waals surface area contributed by atoms with Gasteiger partial charge in [0.15, 0.2) is 0 Å². The van der Waals surface area contributed by atoms with Crippen molar-refractivity contribution in [2.75, 3.05) is 0 Å². The Labute approximate surface area is 224 Å². The summed E-state index contributed by atoms with van der Waals surface area (Å²) in [6, 6.07) is 24.9. The first-order valence-corrected chi connectivity index (χ1v) is 12.5. The maximum absolute atomic E-state index is 14.8. The van der Waals surface area contributed by atoms with Gasteiger partial charge < -0.3 is 15.1 Å². The van der Waals surface area contributed by atoms with Crippen molar-refractivity contribution in [3.63, 3.8) is 0 Å². The monoisotopic (exact) mass is 519 g/mol. The van der Waals surface area contributed by atoms with Gasteiger partial charge in [0.2, 0.25) is 0 Å². The molecule has 3 aromatic carbocycles. The van der Waals surface area contributed by atoms with Gasteiger partial charge in [-0.15, -0.1) is 0 Å². The van der Waals surface area contributed by atoms with Crippen molar-refractivity contribution in [1.29, 1.82) is 5.41 Å². The van der Waals surface area contributed by atoms with Crippen molar-refractivity contribution in [2.24, 2.45) is 0 Å². The summed E-state index contributed by atoms with van der Waals surface area (Å²) >= 11 is 0. The normalized spacial score (nSPS) is 12.7. The Hall–Kier alpha value is -4.91. The van der Waals surface area contributed by atoms with E-state index in [1.54, 1.807) is 19.2 Å². The molecule has 0 aliphatic rings. The predicted molar refractivity (Wildman–Crippen MR) is 149 cm³/mol. The van der Waals surface area contributed by atoms with Crippen LogP contribution in [0.5, 0.6) is 0 Å². The third kappa shape index (κ3) is 4.86. The van der Waals surface area contributed by atoms with E-state index in [9.17, 15) is 19.1 Å². The lowest BCUT2D eigenvalue weighted by atomic mass is 9.90. The lowest BCUT2D eigenvalue weighted by Crippen LogP contribution is -2.17. The van der Waals surface area contributed by atoms with Gasteiger partial charge in [-0.2, -0.15) is 0 Å². The molecule has 2 atom stereocenters. The number of fused-ring (bicyclic) bond motifs is 1. The minimum atomic E-state index is -1.33. The number of rotatable bonds is 8. The minimum Gasteiger partial charge on any atom is -0.478 e. The Balaban J connectivity index is 1.82. The molecule has 0 radical (unpaired) electrons. The summed E-state index contributed by atoms with van der Waals surface area (Å²) in [5, 5.41) is 18.3. The molecular formula is C32H26FN3O3. The van der Waals surface area contributed by atoms with Gasteiger partial charge in [0.05, 0.1) is 17.2 Å². The van der Waals surface area contributed by atoms with Crippen molar-refractivity contribution in [3.8, 4) is 11.1 Å². The highest BCUT2D eigenvalue weighted by atomic mass is 19.1. The number of carboxylic acid groups (broad SMARTS) is 1. The number of ketones is 1. The van der Waals surface area contributed by atoms with Crippen molar-refractivity contribution in [2.45, 2.75) is 25.8 Å². The van der Waals surface area contributed by atoms with Crippen molar-refractivity contribution in [3.05, 3.63) is 126 Å². The number of aromatic carboxylic acids is 1. The third-order valence-corrected chi connectivity index (χ3v) is 6.90. The number of carbonyl (C=O) groups is 2. The van der Waals surface area contributed by atoms with E-state index in [-0.39, 0.29) is 17.5 Å². The standard InChI is InChI=1S/C32H26FN3O3/c1-19(34)30(20(2)37)23-12-13-24-26(22-11-14-25(32(38)39)27(33)16-22)18-36(29(24)17-23)31(21-8-4-3-5-9-21)28-10-6-7-15-35-28/h3-18,30-31,34H,1-2H3,(H,38,39). The summed E-state index contributed by atoms with van der Waals surface area (Å²) in [6.45, 7) is 3.10. The molecule has 0 saturated carbocycles. The molecule has 39 heavy (non-hydrogen) atoms. The third-order valence-electron chi connectivity index (χ3n) is 6.90. The largest absolute Gasteiger partial charge is 0.478 e. The lowest BCUT2D eigenvalue weighted by Gasteiger charge is -2.21. The van der Waals surface area contributed by atoms with E-state index >= 15 is 0 Å². The SMILES string of the molecule is CC(=N)C(C(C)=O)c1ccc2c(-c3ccc(C(=O)O)c(F)c3)cn(C(c3ccccc3)c3ccccn3)c2c1. The molecule has 2 N–H and O–H groups in total. The van der Waals surface area contributed by atoms with E-state index in [0.29, 0.717) is 16.7 Å². The fraction of sp³-hybridized carbons (Fsp3) is 0.125. The quantitative estimate of drug-likeness (QED) is 0.218. The van der Waals surface area contributed by atoms with Crippen LogP contribution < -0.4 is 0 Å². The highest BCUT2D eigenvalue weighted by molar-refractivity contribution is 6.08. The van der Waals surface area contributed by atoms with Crippen LogP contribution in [0.25, 0.3) is 22.0 Å². The van der Waals surface area contributed by atoms with Crippen molar-refractivity contribution < 1.29 is 19.1 Å². The summed E-state index contributed by atoms with van der Waals surface area (Å²) in [6.07, 6.45) is 3.64. The molecule has 0 bridgehead atoms. The first-order valence-electron chi connectivity index (χ1n) is 12.5. The van der Waals surface area contributed by atoms with Gasteiger partial charge in [-0.1, -0.05) is 54.6 Å². The molecule has 0 saturated heterocycles. The number of nitrogens with one attached hydrogen (secondary N) is 1. The predicted octanol–water partition coefficient (Wildman–Crippen LogP) is 6.89. The molecule has 194 valence electrons. The summed E-state index contributed by atoms with van der Waals surface area (Å²) in [5.41, 5.74) is 4.30. The van der Waals surface area contributed by atoms with Gasteiger partial charge in [-0.3, -0.25) is 9.78 Å². The van der Waals surface area contributed by atoms with Crippen LogP contribution in [-0.2, 0) is 4.79 Å². The molecule has 2 aromatic heterocycles. The van der Waals surface area contributed by atoms with Crippen LogP contribution in [0.4, 0.5) is 4.39 Å². The van der Waals surface area contributed by atoms with Gasteiger partial charge in [-0.05, 0) is 60.9 Å². The van der Waals surface area contributed by atoms with Gasteiger partial charge in [0.1, 0.15) is 17.6 Å². The number of carboxylic acids is 1. The molecule has 5 aromatic rings. The van der Waals surface area contributed by atoms with E-state index in [0.717, 1.165) is 22.2 Å². The van der Waals surface area contributed by atoms with E-state index < -0.39 is 23.3 Å². The molecule has 5 rings (SSSR count). The zero-order chi connectivity index (χ0) is 27.7. The maximum atomic E-state index is 14.8. The Morgan fingerprint density at radius 3 is 2.28 bits per heavy atom. The molecule has 2 unspecified atom stereocenters. The van der Waals surface area contributed by atoms with Crippen LogP contribution in [0.1, 0.15) is 53.0 Å². The first kappa shape index (κ1) is 25.7. The Kier molecular flexibility index (Phi) is 6.90. The minimum absolute atomic E-state index is 0.129. The van der Waals surface area contributed by atoms with Crippen LogP contribution in [-0.4, -0.2) is 32.1 Å². The van der Waals surface area contributed by atoms with Gasteiger partial charge in [0.25, 0.3) is 0 Å². The zero-order valence-electron chi connectivity index (χ0n) is 21.4. The van der Waals surface area contributed by atoms with Crippen LogP contribution in [0.15, 0.2) is 97.3 Å². The number of pyridine rings is 1.